The molecule has 11 heteroatoms. The predicted molar refractivity (Wildman–Crippen MR) is 114 cm³/mol. The maximum atomic E-state index is 12.4. The summed E-state index contributed by atoms with van der Waals surface area (Å²) >= 11 is 0. The van der Waals surface area contributed by atoms with E-state index in [9.17, 15) is 26.4 Å². The Bertz CT molecular complexity index is 1180. The summed E-state index contributed by atoms with van der Waals surface area (Å²) in [5, 5.41) is 2.59. The van der Waals surface area contributed by atoms with Crippen LogP contribution in [0.5, 0.6) is 0 Å². The fraction of sp³-hybridized carbons (Fsp3) is 0.300. The topological polar surface area (TPSA) is 136 Å². The van der Waals surface area contributed by atoms with Crippen LogP contribution in [0, 0.1) is 0 Å². The van der Waals surface area contributed by atoms with Crippen molar-refractivity contribution in [2.75, 3.05) is 22.8 Å². The van der Waals surface area contributed by atoms with Gasteiger partial charge in [-0.3, -0.25) is 9.52 Å². The van der Waals surface area contributed by atoms with Crippen molar-refractivity contribution in [1.29, 1.82) is 0 Å². The van der Waals surface area contributed by atoms with Gasteiger partial charge in [-0.05, 0) is 49.7 Å². The SMILES string of the molecule is CC1(NC(=O)COC(=O)c2ccc(S(=O)(=O)Nc3ccccc3)cc2)CCS(=O)(=O)C1. The summed E-state index contributed by atoms with van der Waals surface area (Å²) in [5.74, 6) is -1.58. The van der Waals surface area contributed by atoms with Crippen molar-refractivity contribution < 1.29 is 31.2 Å². The summed E-state index contributed by atoms with van der Waals surface area (Å²) in [6.07, 6.45) is 0.294. The summed E-state index contributed by atoms with van der Waals surface area (Å²) < 4.78 is 55.4. The summed E-state index contributed by atoms with van der Waals surface area (Å²) in [6.45, 7) is 1.05. The van der Waals surface area contributed by atoms with Gasteiger partial charge in [0.15, 0.2) is 16.4 Å². The fourth-order valence-corrected chi connectivity index (χ4v) is 6.34. The zero-order chi connectivity index (χ0) is 22.7. The Morgan fingerprint density at radius 2 is 1.71 bits per heavy atom. The molecule has 1 heterocycles. The lowest BCUT2D eigenvalue weighted by molar-refractivity contribution is -0.125. The molecule has 2 aromatic carbocycles. The van der Waals surface area contributed by atoms with Crippen LogP contribution in [0.3, 0.4) is 0 Å². The number of nitrogens with one attached hydrogen (secondary N) is 2. The first-order chi connectivity index (χ1) is 14.5. The van der Waals surface area contributed by atoms with Crippen LogP contribution in [0.1, 0.15) is 23.7 Å². The summed E-state index contributed by atoms with van der Waals surface area (Å²) in [5.41, 5.74) is -0.411. The Hall–Kier alpha value is -2.92. The number of para-hydroxylation sites is 1. The molecule has 9 nitrogen and oxygen atoms in total. The largest absolute Gasteiger partial charge is 0.452 e. The first kappa shape index (κ1) is 22.8. The molecule has 0 radical (unpaired) electrons. The van der Waals surface area contributed by atoms with E-state index in [1.165, 1.54) is 24.3 Å². The van der Waals surface area contributed by atoms with Crippen LogP contribution < -0.4 is 10.0 Å². The summed E-state index contributed by atoms with van der Waals surface area (Å²) in [6, 6.07) is 13.4. The molecule has 166 valence electrons. The second-order valence-electron chi connectivity index (χ2n) is 7.52. The van der Waals surface area contributed by atoms with E-state index < -0.39 is 43.9 Å². The van der Waals surface area contributed by atoms with Crippen LogP contribution in [0.25, 0.3) is 0 Å². The van der Waals surface area contributed by atoms with Gasteiger partial charge in [-0.15, -0.1) is 0 Å². The lowest BCUT2D eigenvalue weighted by Gasteiger charge is -2.23. The molecule has 2 aromatic rings. The summed E-state index contributed by atoms with van der Waals surface area (Å²) in [7, 11) is -7.01. The lowest BCUT2D eigenvalue weighted by Crippen LogP contribution is -2.48. The van der Waals surface area contributed by atoms with Gasteiger partial charge >= 0.3 is 5.97 Å². The highest BCUT2D eigenvalue weighted by Crippen LogP contribution is 2.22. The highest BCUT2D eigenvalue weighted by atomic mass is 32.2. The van der Waals surface area contributed by atoms with Crippen LogP contribution in [0.2, 0.25) is 0 Å². The Morgan fingerprint density at radius 3 is 2.29 bits per heavy atom. The lowest BCUT2D eigenvalue weighted by atomic mass is 10.0. The molecule has 1 saturated heterocycles. The third-order valence-electron chi connectivity index (χ3n) is 4.71. The molecule has 31 heavy (non-hydrogen) atoms. The van der Waals surface area contributed by atoms with E-state index in [1.807, 2.05) is 0 Å². The molecule has 2 N–H and O–H groups in total. The van der Waals surface area contributed by atoms with E-state index in [0.717, 1.165) is 0 Å². The van der Waals surface area contributed by atoms with Crippen LogP contribution in [0.4, 0.5) is 5.69 Å². The van der Waals surface area contributed by atoms with Crippen molar-refractivity contribution in [3.8, 4) is 0 Å². The quantitative estimate of drug-likeness (QED) is 0.588. The van der Waals surface area contributed by atoms with Crippen molar-refractivity contribution in [1.82, 2.24) is 5.32 Å². The molecular formula is C20H22N2O7S2. The molecule has 0 aliphatic carbocycles. The number of sulfonamides is 1. The molecule has 0 aromatic heterocycles. The number of amides is 1. The Balaban J connectivity index is 1.56. The average molecular weight is 467 g/mol. The minimum absolute atomic E-state index is 0.00203. The monoisotopic (exact) mass is 466 g/mol. The number of ether oxygens (including phenoxy) is 1. The van der Waals surface area contributed by atoms with E-state index in [-0.39, 0.29) is 22.0 Å². The standard InChI is InChI=1S/C20H22N2O7S2/c1-20(11-12-30(25,26)14-20)21-18(23)13-29-19(24)15-7-9-17(10-8-15)31(27,28)22-16-5-3-2-4-6-16/h2-10,22H,11-14H2,1H3,(H,21,23). The number of anilines is 1. The van der Waals surface area contributed by atoms with Crippen molar-refractivity contribution in [3.05, 3.63) is 60.2 Å². The molecule has 1 aliphatic rings. The van der Waals surface area contributed by atoms with Gasteiger partial charge in [0.2, 0.25) is 0 Å². The van der Waals surface area contributed by atoms with E-state index in [2.05, 4.69) is 10.0 Å². The molecule has 0 bridgehead atoms. The number of rotatable bonds is 7. The van der Waals surface area contributed by atoms with Gasteiger partial charge in [0.05, 0.1) is 27.5 Å². The van der Waals surface area contributed by atoms with Gasteiger partial charge in [0.25, 0.3) is 15.9 Å². The number of hydrogen-bond donors (Lipinski definition) is 2. The Morgan fingerprint density at radius 1 is 1.06 bits per heavy atom. The number of hydrogen-bond acceptors (Lipinski definition) is 7. The van der Waals surface area contributed by atoms with Gasteiger partial charge < -0.3 is 10.1 Å². The molecule has 1 unspecified atom stereocenters. The second-order valence-corrected chi connectivity index (χ2v) is 11.4. The van der Waals surface area contributed by atoms with Gasteiger partial charge in [0, 0.05) is 5.69 Å². The zero-order valence-corrected chi connectivity index (χ0v) is 18.3. The molecule has 1 fully saturated rings. The Labute approximate surface area is 180 Å². The second kappa shape index (κ2) is 8.67. The van der Waals surface area contributed by atoms with Crippen molar-refractivity contribution in [2.24, 2.45) is 0 Å². The third kappa shape index (κ3) is 6.05. The summed E-state index contributed by atoms with van der Waals surface area (Å²) in [4.78, 5) is 24.2. The number of sulfone groups is 1. The molecule has 0 saturated carbocycles. The van der Waals surface area contributed by atoms with Crippen LogP contribution in [-0.2, 0) is 29.4 Å². The molecule has 1 aliphatic heterocycles. The van der Waals surface area contributed by atoms with Gasteiger partial charge in [-0.1, -0.05) is 18.2 Å². The normalized spacial score (nSPS) is 20.0. The number of benzene rings is 2. The number of carbonyl (C=O) groups excluding carboxylic acids is 2. The molecule has 3 rings (SSSR count). The smallest absolute Gasteiger partial charge is 0.338 e. The van der Waals surface area contributed by atoms with Gasteiger partial charge in [0.1, 0.15) is 0 Å². The molecular weight excluding hydrogens is 444 g/mol. The van der Waals surface area contributed by atoms with E-state index in [1.54, 1.807) is 37.3 Å². The van der Waals surface area contributed by atoms with Crippen LogP contribution in [-0.4, -0.2) is 52.4 Å². The Kier molecular flexibility index (Phi) is 6.37. The minimum Gasteiger partial charge on any atom is -0.452 e. The number of carbonyl (C=O) groups is 2. The fourth-order valence-electron chi connectivity index (χ4n) is 3.19. The average Bonchev–Trinajstić information content (AvgIpc) is 2.99. The van der Waals surface area contributed by atoms with Crippen molar-refractivity contribution in [2.45, 2.75) is 23.8 Å². The van der Waals surface area contributed by atoms with E-state index in [0.29, 0.717) is 12.1 Å². The first-order valence-corrected chi connectivity index (χ1v) is 12.7. The van der Waals surface area contributed by atoms with Gasteiger partial charge in [-0.25, -0.2) is 21.6 Å². The minimum atomic E-state index is -3.83. The van der Waals surface area contributed by atoms with Crippen LogP contribution in [0.15, 0.2) is 59.5 Å². The molecule has 1 atom stereocenters. The molecule has 0 spiro atoms. The first-order valence-electron chi connectivity index (χ1n) is 9.35. The van der Waals surface area contributed by atoms with Gasteiger partial charge in [-0.2, -0.15) is 0 Å². The van der Waals surface area contributed by atoms with Crippen molar-refractivity contribution >= 4 is 37.4 Å². The van der Waals surface area contributed by atoms with E-state index in [4.69, 9.17) is 4.74 Å². The van der Waals surface area contributed by atoms with E-state index >= 15 is 0 Å². The highest BCUT2D eigenvalue weighted by Gasteiger charge is 2.39. The highest BCUT2D eigenvalue weighted by molar-refractivity contribution is 7.92. The van der Waals surface area contributed by atoms with Crippen molar-refractivity contribution in [3.63, 3.8) is 0 Å². The maximum absolute atomic E-state index is 12.4. The predicted octanol–water partition coefficient (Wildman–Crippen LogP) is 1.34. The molecule has 1 amide bonds. The van der Waals surface area contributed by atoms with Crippen LogP contribution >= 0.6 is 0 Å². The third-order valence-corrected chi connectivity index (χ3v) is 8.01. The zero-order valence-electron chi connectivity index (χ0n) is 16.7. The maximum Gasteiger partial charge on any atom is 0.338 e. The number of esters is 1.